The molecule has 0 bridgehead atoms. The highest BCUT2D eigenvalue weighted by atomic mass is 32.1. The van der Waals surface area contributed by atoms with Crippen molar-refractivity contribution in [3.63, 3.8) is 0 Å². The minimum Gasteiger partial charge on any atom is -0.306 e. The van der Waals surface area contributed by atoms with Gasteiger partial charge >= 0.3 is 0 Å². The Kier molecular flexibility index (Phi) is 4.66. The number of hydrogen-bond donors (Lipinski definition) is 1. The van der Waals surface area contributed by atoms with E-state index in [-0.39, 0.29) is 5.41 Å². The van der Waals surface area contributed by atoms with Crippen LogP contribution in [0.3, 0.4) is 0 Å². The van der Waals surface area contributed by atoms with Gasteiger partial charge in [-0.2, -0.15) is 0 Å². The maximum atomic E-state index is 3.66. The summed E-state index contributed by atoms with van der Waals surface area (Å²) >= 11 is 1.83. The molecule has 108 valence electrons. The van der Waals surface area contributed by atoms with Crippen LogP contribution >= 0.6 is 11.3 Å². The lowest BCUT2D eigenvalue weighted by atomic mass is 9.80. The third kappa shape index (κ3) is 3.13. The molecule has 0 saturated heterocycles. The summed E-state index contributed by atoms with van der Waals surface area (Å²) in [6.07, 6.45) is 0. The zero-order valence-corrected chi connectivity index (χ0v) is 14.0. The first-order valence-corrected chi connectivity index (χ1v) is 8.20. The van der Waals surface area contributed by atoms with Crippen molar-refractivity contribution in [2.75, 3.05) is 6.54 Å². The van der Waals surface area contributed by atoms with Gasteiger partial charge in [-0.15, -0.1) is 11.3 Å². The average Bonchev–Trinajstić information content (AvgIpc) is 2.81. The van der Waals surface area contributed by atoms with Crippen LogP contribution in [-0.2, 0) is 5.41 Å². The molecule has 0 saturated carbocycles. The monoisotopic (exact) mass is 287 g/mol. The molecule has 1 unspecified atom stereocenters. The van der Waals surface area contributed by atoms with Crippen LogP contribution in [-0.4, -0.2) is 6.54 Å². The first-order valence-electron chi connectivity index (χ1n) is 7.32. The second-order valence-corrected chi connectivity index (χ2v) is 7.38. The van der Waals surface area contributed by atoms with Gasteiger partial charge in [0.15, 0.2) is 0 Å². The summed E-state index contributed by atoms with van der Waals surface area (Å²) in [5.74, 6) is 0. The molecular weight excluding hydrogens is 262 g/mol. The largest absolute Gasteiger partial charge is 0.306 e. The Hall–Kier alpha value is -1.12. The highest BCUT2D eigenvalue weighted by Gasteiger charge is 2.24. The van der Waals surface area contributed by atoms with Crippen molar-refractivity contribution in [3.05, 3.63) is 57.3 Å². The van der Waals surface area contributed by atoms with Crippen molar-refractivity contribution in [3.8, 4) is 0 Å². The van der Waals surface area contributed by atoms with Crippen LogP contribution < -0.4 is 5.32 Å². The number of nitrogens with one attached hydrogen (secondary N) is 1. The van der Waals surface area contributed by atoms with Crippen molar-refractivity contribution >= 4 is 11.3 Å². The second kappa shape index (κ2) is 6.11. The lowest BCUT2D eigenvalue weighted by molar-refractivity contribution is 0.557. The van der Waals surface area contributed by atoms with Gasteiger partial charge in [0.25, 0.3) is 0 Å². The third-order valence-corrected chi connectivity index (χ3v) is 4.56. The van der Waals surface area contributed by atoms with Crippen molar-refractivity contribution in [2.24, 2.45) is 0 Å². The van der Waals surface area contributed by atoms with Gasteiger partial charge < -0.3 is 5.32 Å². The molecule has 0 amide bonds. The van der Waals surface area contributed by atoms with E-state index in [2.05, 4.69) is 75.6 Å². The zero-order chi connectivity index (χ0) is 14.8. The van der Waals surface area contributed by atoms with Gasteiger partial charge in [0, 0.05) is 4.88 Å². The fraction of sp³-hybridized carbons (Fsp3) is 0.444. The topological polar surface area (TPSA) is 12.0 Å². The Labute approximate surface area is 127 Å². The van der Waals surface area contributed by atoms with Crippen LogP contribution in [0.5, 0.6) is 0 Å². The summed E-state index contributed by atoms with van der Waals surface area (Å²) in [6, 6.07) is 11.4. The molecule has 1 N–H and O–H groups in total. The Morgan fingerprint density at radius 3 is 2.35 bits per heavy atom. The van der Waals surface area contributed by atoms with Gasteiger partial charge in [-0.25, -0.2) is 0 Å². The van der Waals surface area contributed by atoms with E-state index in [4.69, 9.17) is 0 Å². The van der Waals surface area contributed by atoms with Crippen molar-refractivity contribution < 1.29 is 0 Å². The Morgan fingerprint density at radius 1 is 1.10 bits per heavy atom. The van der Waals surface area contributed by atoms with Crippen molar-refractivity contribution in [1.82, 2.24) is 5.32 Å². The van der Waals surface area contributed by atoms with Gasteiger partial charge in [0.1, 0.15) is 0 Å². The standard InChI is InChI=1S/C18H25NS/c1-6-19-17(14-11-12-20-13(14)2)15-9-7-8-10-16(15)18(3,4)5/h7-12,17,19H,6H2,1-5H3. The van der Waals surface area contributed by atoms with E-state index in [9.17, 15) is 0 Å². The third-order valence-electron chi connectivity index (χ3n) is 3.70. The van der Waals surface area contributed by atoms with Crippen LogP contribution in [0.4, 0.5) is 0 Å². The minimum atomic E-state index is 0.161. The minimum absolute atomic E-state index is 0.161. The smallest absolute Gasteiger partial charge is 0.0590 e. The summed E-state index contributed by atoms with van der Waals surface area (Å²) in [4.78, 5) is 1.40. The Morgan fingerprint density at radius 2 is 1.80 bits per heavy atom. The van der Waals surface area contributed by atoms with Crippen LogP contribution in [0.15, 0.2) is 35.7 Å². The molecule has 0 aliphatic heterocycles. The summed E-state index contributed by atoms with van der Waals surface area (Å²) in [7, 11) is 0. The molecule has 1 nitrogen and oxygen atoms in total. The van der Waals surface area contributed by atoms with Gasteiger partial charge in [-0.3, -0.25) is 0 Å². The number of hydrogen-bond acceptors (Lipinski definition) is 2. The van der Waals surface area contributed by atoms with E-state index >= 15 is 0 Å². The van der Waals surface area contributed by atoms with E-state index in [1.54, 1.807) is 0 Å². The highest BCUT2D eigenvalue weighted by Crippen LogP contribution is 2.34. The van der Waals surface area contributed by atoms with Gasteiger partial charge in [-0.05, 0) is 47.0 Å². The quantitative estimate of drug-likeness (QED) is 0.829. The molecule has 20 heavy (non-hydrogen) atoms. The second-order valence-electron chi connectivity index (χ2n) is 6.26. The van der Waals surface area contributed by atoms with E-state index < -0.39 is 0 Å². The van der Waals surface area contributed by atoms with E-state index in [0.29, 0.717) is 6.04 Å². The van der Waals surface area contributed by atoms with Crippen LogP contribution in [0, 0.1) is 6.92 Å². The predicted octanol–water partition coefficient (Wildman–Crippen LogP) is 5.05. The normalized spacial score (nSPS) is 13.4. The maximum absolute atomic E-state index is 3.66. The SMILES string of the molecule is CCNC(c1ccccc1C(C)(C)C)c1ccsc1C. The van der Waals surface area contributed by atoms with Gasteiger partial charge in [0.2, 0.25) is 0 Å². The zero-order valence-electron chi connectivity index (χ0n) is 13.2. The lowest BCUT2D eigenvalue weighted by Crippen LogP contribution is -2.26. The number of thiophene rings is 1. The molecule has 0 fully saturated rings. The summed E-state index contributed by atoms with van der Waals surface area (Å²) in [6.45, 7) is 12.2. The molecule has 1 atom stereocenters. The molecular formula is C18H25NS. The maximum Gasteiger partial charge on any atom is 0.0590 e. The van der Waals surface area contributed by atoms with Crippen molar-refractivity contribution in [1.29, 1.82) is 0 Å². The molecule has 0 radical (unpaired) electrons. The van der Waals surface area contributed by atoms with E-state index in [1.807, 2.05) is 11.3 Å². The van der Waals surface area contributed by atoms with Gasteiger partial charge in [-0.1, -0.05) is 52.0 Å². The Balaban J connectivity index is 2.54. The Bertz CT molecular complexity index is 563. The van der Waals surface area contributed by atoms with E-state index in [1.165, 1.54) is 21.6 Å². The first kappa shape index (κ1) is 15.3. The van der Waals surface area contributed by atoms with Crippen LogP contribution in [0.2, 0.25) is 0 Å². The predicted molar refractivity (Wildman–Crippen MR) is 89.7 cm³/mol. The van der Waals surface area contributed by atoms with Crippen molar-refractivity contribution in [2.45, 2.75) is 46.1 Å². The molecule has 1 heterocycles. The first-order chi connectivity index (χ1) is 9.45. The number of aryl methyl sites for hydroxylation is 1. The number of rotatable bonds is 4. The average molecular weight is 287 g/mol. The summed E-state index contributed by atoms with van der Waals surface area (Å²) in [5, 5.41) is 5.85. The highest BCUT2D eigenvalue weighted by molar-refractivity contribution is 7.10. The molecule has 2 aromatic rings. The van der Waals surface area contributed by atoms with Gasteiger partial charge in [0.05, 0.1) is 6.04 Å². The van der Waals surface area contributed by atoms with Crippen LogP contribution in [0.1, 0.15) is 55.3 Å². The molecule has 2 rings (SSSR count). The van der Waals surface area contributed by atoms with Crippen LogP contribution in [0.25, 0.3) is 0 Å². The molecule has 0 aliphatic rings. The molecule has 2 heteroatoms. The molecule has 1 aromatic carbocycles. The lowest BCUT2D eigenvalue weighted by Gasteiger charge is -2.28. The molecule has 1 aromatic heterocycles. The molecule has 0 spiro atoms. The number of benzene rings is 1. The summed E-state index contributed by atoms with van der Waals surface area (Å²) < 4.78 is 0. The fourth-order valence-corrected chi connectivity index (χ4v) is 3.46. The molecule has 0 aliphatic carbocycles. The van der Waals surface area contributed by atoms with E-state index in [0.717, 1.165) is 6.54 Å². The summed E-state index contributed by atoms with van der Waals surface area (Å²) in [5.41, 5.74) is 4.40. The fourth-order valence-electron chi connectivity index (χ4n) is 2.72.